The molecular weight excluding hydrogens is 288 g/mol. The molecule has 0 saturated heterocycles. The number of nitrogens with one attached hydrogen (secondary N) is 1. The van der Waals surface area contributed by atoms with E-state index in [1.807, 2.05) is 45.0 Å². The standard InChI is InChI=1S/C17H16N2O2.C2H6/c1-12-3-5-13(6-4-12)9-17(20)19-16-8-7-15(21-2)10-14(16)11-18;1-2/h3-8,10H,9H2,1-2H3,(H,19,20);1-2H3. The summed E-state index contributed by atoms with van der Waals surface area (Å²) in [6, 6.07) is 14.8. The number of methoxy groups -OCH3 is 1. The molecule has 0 bridgehead atoms. The van der Waals surface area contributed by atoms with Crippen molar-refractivity contribution in [1.29, 1.82) is 5.26 Å². The zero-order valence-corrected chi connectivity index (χ0v) is 14.0. The lowest BCUT2D eigenvalue weighted by molar-refractivity contribution is -0.115. The van der Waals surface area contributed by atoms with E-state index in [1.165, 1.54) is 7.11 Å². The zero-order chi connectivity index (χ0) is 17.2. The van der Waals surface area contributed by atoms with E-state index >= 15 is 0 Å². The van der Waals surface area contributed by atoms with Gasteiger partial charge in [-0.15, -0.1) is 0 Å². The Morgan fingerprint density at radius 3 is 2.39 bits per heavy atom. The zero-order valence-electron chi connectivity index (χ0n) is 14.0. The van der Waals surface area contributed by atoms with E-state index < -0.39 is 0 Å². The Hall–Kier alpha value is -2.80. The van der Waals surface area contributed by atoms with Crippen LogP contribution in [-0.4, -0.2) is 13.0 Å². The van der Waals surface area contributed by atoms with Gasteiger partial charge in [-0.1, -0.05) is 43.7 Å². The summed E-state index contributed by atoms with van der Waals surface area (Å²) in [6.07, 6.45) is 0.275. The average Bonchev–Trinajstić information content (AvgIpc) is 2.59. The number of aryl methyl sites for hydroxylation is 1. The van der Waals surface area contributed by atoms with Crippen LogP contribution in [0.3, 0.4) is 0 Å². The van der Waals surface area contributed by atoms with Gasteiger partial charge in [-0.05, 0) is 30.7 Å². The lowest BCUT2D eigenvalue weighted by Gasteiger charge is -2.09. The van der Waals surface area contributed by atoms with Gasteiger partial charge in [0.15, 0.2) is 0 Å². The maximum Gasteiger partial charge on any atom is 0.228 e. The summed E-state index contributed by atoms with van der Waals surface area (Å²) in [6.45, 7) is 6.00. The normalized spacial score (nSPS) is 9.17. The van der Waals surface area contributed by atoms with Gasteiger partial charge >= 0.3 is 0 Å². The molecule has 0 heterocycles. The van der Waals surface area contributed by atoms with Crippen molar-refractivity contribution in [2.24, 2.45) is 0 Å². The predicted octanol–water partition coefficient (Wildman–Crippen LogP) is 4.08. The number of benzene rings is 2. The van der Waals surface area contributed by atoms with Gasteiger partial charge in [0.2, 0.25) is 5.91 Å². The van der Waals surface area contributed by atoms with Gasteiger partial charge in [-0.2, -0.15) is 5.26 Å². The quantitative estimate of drug-likeness (QED) is 0.925. The van der Waals surface area contributed by atoms with Crippen LogP contribution in [0.5, 0.6) is 5.75 Å². The molecule has 2 aromatic rings. The first kappa shape index (κ1) is 18.2. The molecule has 120 valence electrons. The molecule has 0 atom stereocenters. The van der Waals surface area contributed by atoms with Crippen molar-refractivity contribution in [3.63, 3.8) is 0 Å². The minimum absolute atomic E-state index is 0.152. The number of nitrogens with zero attached hydrogens (tertiary/aromatic N) is 1. The fourth-order valence-corrected chi connectivity index (χ4v) is 1.94. The molecule has 2 rings (SSSR count). The highest BCUT2D eigenvalue weighted by Crippen LogP contribution is 2.21. The second-order valence-corrected chi connectivity index (χ2v) is 4.73. The van der Waals surface area contributed by atoms with Crippen molar-refractivity contribution in [3.8, 4) is 11.8 Å². The topological polar surface area (TPSA) is 62.1 Å². The van der Waals surface area contributed by atoms with Crippen LogP contribution < -0.4 is 10.1 Å². The molecule has 0 saturated carbocycles. The van der Waals surface area contributed by atoms with Crippen molar-refractivity contribution in [2.75, 3.05) is 12.4 Å². The lowest BCUT2D eigenvalue weighted by Crippen LogP contribution is -2.15. The van der Waals surface area contributed by atoms with Crippen molar-refractivity contribution < 1.29 is 9.53 Å². The molecule has 2 aromatic carbocycles. The minimum Gasteiger partial charge on any atom is -0.497 e. The number of nitriles is 1. The van der Waals surface area contributed by atoms with Gasteiger partial charge < -0.3 is 10.1 Å². The van der Waals surface area contributed by atoms with E-state index in [9.17, 15) is 4.79 Å². The van der Waals surface area contributed by atoms with E-state index in [1.54, 1.807) is 18.2 Å². The van der Waals surface area contributed by atoms with Crippen molar-refractivity contribution in [3.05, 3.63) is 59.2 Å². The Bertz CT molecular complexity index is 686. The van der Waals surface area contributed by atoms with Gasteiger partial charge in [-0.25, -0.2) is 0 Å². The molecule has 0 aliphatic rings. The van der Waals surface area contributed by atoms with Crippen LogP contribution in [0.4, 0.5) is 5.69 Å². The molecule has 0 aliphatic heterocycles. The second kappa shape index (κ2) is 9.26. The highest BCUT2D eigenvalue weighted by atomic mass is 16.5. The Labute approximate surface area is 137 Å². The number of amides is 1. The monoisotopic (exact) mass is 310 g/mol. The predicted molar refractivity (Wildman–Crippen MR) is 92.6 cm³/mol. The number of hydrogen-bond donors (Lipinski definition) is 1. The van der Waals surface area contributed by atoms with E-state index in [-0.39, 0.29) is 12.3 Å². The maximum absolute atomic E-state index is 12.0. The fraction of sp³-hybridized carbons (Fsp3) is 0.263. The van der Waals surface area contributed by atoms with Gasteiger partial charge in [0.05, 0.1) is 24.8 Å². The third kappa shape index (κ3) is 5.48. The average molecular weight is 310 g/mol. The van der Waals surface area contributed by atoms with Crippen LogP contribution >= 0.6 is 0 Å². The molecule has 0 unspecified atom stereocenters. The molecule has 1 N–H and O–H groups in total. The molecule has 4 nitrogen and oxygen atoms in total. The fourth-order valence-electron chi connectivity index (χ4n) is 1.94. The Morgan fingerprint density at radius 1 is 1.17 bits per heavy atom. The molecule has 0 fully saturated rings. The number of ether oxygens (including phenoxy) is 1. The third-order valence-corrected chi connectivity index (χ3v) is 3.11. The van der Waals surface area contributed by atoms with E-state index in [2.05, 4.69) is 11.4 Å². The summed E-state index contributed by atoms with van der Waals surface area (Å²) in [5, 5.41) is 11.9. The summed E-state index contributed by atoms with van der Waals surface area (Å²) in [5.74, 6) is 0.434. The first-order chi connectivity index (χ1) is 11.1. The molecule has 0 spiro atoms. The van der Waals surface area contributed by atoms with E-state index in [0.29, 0.717) is 17.0 Å². The van der Waals surface area contributed by atoms with Gasteiger partial charge in [-0.3, -0.25) is 4.79 Å². The molecule has 23 heavy (non-hydrogen) atoms. The van der Waals surface area contributed by atoms with E-state index in [4.69, 9.17) is 10.00 Å². The number of carbonyl (C=O) groups is 1. The maximum atomic E-state index is 12.0. The summed E-state index contributed by atoms with van der Waals surface area (Å²) >= 11 is 0. The van der Waals surface area contributed by atoms with Crippen LogP contribution in [0.15, 0.2) is 42.5 Å². The third-order valence-electron chi connectivity index (χ3n) is 3.11. The van der Waals surface area contributed by atoms with E-state index in [0.717, 1.165) is 11.1 Å². The molecule has 4 heteroatoms. The summed E-state index contributed by atoms with van der Waals surface area (Å²) in [4.78, 5) is 12.0. The Balaban J connectivity index is 0.00000127. The number of hydrogen-bond acceptors (Lipinski definition) is 3. The SMILES string of the molecule is CC.COc1ccc(NC(=O)Cc2ccc(C)cc2)c(C#N)c1. The molecule has 0 radical (unpaired) electrons. The van der Waals surface area contributed by atoms with Crippen LogP contribution in [0, 0.1) is 18.3 Å². The number of rotatable bonds is 4. The summed E-state index contributed by atoms with van der Waals surface area (Å²) < 4.78 is 5.06. The van der Waals surface area contributed by atoms with Crippen molar-refractivity contribution >= 4 is 11.6 Å². The summed E-state index contributed by atoms with van der Waals surface area (Å²) in [5.41, 5.74) is 2.97. The first-order valence-electron chi connectivity index (χ1n) is 7.56. The Morgan fingerprint density at radius 2 is 1.83 bits per heavy atom. The number of anilines is 1. The van der Waals surface area contributed by atoms with Crippen LogP contribution in [0.1, 0.15) is 30.5 Å². The van der Waals surface area contributed by atoms with Gasteiger partial charge in [0.1, 0.15) is 11.8 Å². The molecular formula is C19H22N2O2. The summed E-state index contributed by atoms with van der Waals surface area (Å²) in [7, 11) is 1.53. The molecule has 0 aliphatic carbocycles. The second-order valence-electron chi connectivity index (χ2n) is 4.73. The van der Waals surface area contributed by atoms with Crippen LogP contribution in [0.2, 0.25) is 0 Å². The van der Waals surface area contributed by atoms with Gasteiger partial charge in [0, 0.05) is 0 Å². The first-order valence-corrected chi connectivity index (χ1v) is 7.56. The van der Waals surface area contributed by atoms with Crippen LogP contribution in [-0.2, 0) is 11.2 Å². The smallest absolute Gasteiger partial charge is 0.228 e. The van der Waals surface area contributed by atoms with Crippen molar-refractivity contribution in [2.45, 2.75) is 27.2 Å². The number of carbonyl (C=O) groups excluding carboxylic acids is 1. The molecule has 0 aromatic heterocycles. The highest BCUT2D eigenvalue weighted by Gasteiger charge is 2.09. The Kier molecular flexibility index (Phi) is 7.35. The minimum atomic E-state index is -0.152. The lowest BCUT2D eigenvalue weighted by atomic mass is 10.1. The van der Waals surface area contributed by atoms with Crippen molar-refractivity contribution in [1.82, 2.24) is 0 Å². The molecule has 1 amide bonds. The van der Waals surface area contributed by atoms with Gasteiger partial charge in [0.25, 0.3) is 0 Å². The largest absolute Gasteiger partial charge is 0.497 e. The highest BCUT2D eigenvalue weighted by molar-refractivity contribution is 5.93. The van der Waals surface area contributed by atoms with Crippen LogP contribution in [0.25, 0.3) is 0 Å².